The fraction of sp³-hybridized carbons (Fsp3) is 0.188. The Morgan fingerprint density at radius 2 is 1.52 bits per heavy atom. The molecule has 7 heteroatoms. The van der Waals surface area contributed by atoms with Gasteiger partial charge in [-0.2, -0.15) is 8.42 Å². The zero-order valence-corrected chi connectivity index (χ0v) is 13.5. The highest BCUT2D eigenvalue weighted by Gasteiger charge is 2.21. The first kappa shape index (κ1) is 16.8. The van der Waals surface area contributed by atoms with E-state index in [9.17, 15) is 13.2 Å². The molecular weight excluding hydrogens is 320 g/mol. The van der Waals surface area contributed by atoms with Crippen molar-refractivity contribution in [1.82, 2.24) is 0 Å². The Hall–Kier alpha value is -2.54. The molecule has 0 spiro atoms. The number of Topliss-reactive ketones (excluding diaryl/α,β-unsaturated/α-hetero) is 1. The Labute approximate surface area is 134 Å². The molecule has 6 nitrogen and oxygen atoms in total. The first-order chi connectivity index (χ1) is 10.9. The molecule has 0 aromatic heterocycles. The third-order valence-electron chi connectivity index (χ3n) is 3.01. The Morgan fingerprint density at radius 3 is 2.09 bits per heavy atom. The number of hydrogen-bond donors (Lipinski definition) is 0. The standard InChI is InChI=1S/C16H16O6S/c1-20-13-9-7-12(8-10-13)14(17)11-23(18,19)22-16-6-4-3-5-15(16)21-2/h3-10H,11H2,1-2H3. The van der Waals surface area contributed by atoms with Gasteiger partial charge in [0.2, 0.25) is 0 Å². The smallest absolute Gasteiger partial charge is 0.316 e. The number of ketones is 1. The number of rotatable bonds is 7. The lowest BCUT2D eigenvalue weighted by Crippen LogP contribution is -2.21. The van der Waals surface area contributed by atoms with E-state index in [2.05, 4.69) is 0 Å². The number of benzene rings is 2. The summed E-state index contributed by atoms with van der Waals surface area (Å²) in [7, 11) is -1.19. The lowest BCUT2D eigenvalue weighted by molar-refractivity contribution is 0.101. The van der Waals surface area contributed by atoms with Gasteiger partial charge in [-0.15, -0.1) is 0 Å². The summed E-state index contributed by atoms with van der Waals surface area (Å²) in [6, 6.07) is 12.5. The molecule has 0 bridgehead atoms. The van der Waals surface area contributed by atoms with Crippen molar-refractivity contribution in [1.29, 1.82) is 0 Å². The quantitative estimate of drug-likeness (QED) is 0.570. The van der Waals surface area contributed by atoms with Crippen molar-refractivity contribution in [3.8, 4) is 17.2 Å². The molecule has 0 saturated heterocycles. The van der Waals surface area contributed by atoms with Crippen molar-refractivity contribution in [2.24, 2.45) is 0 Å². The molecule has 23 heavy (non-hydrogen) atoms. The molecular formula is C16H16O6S. The summed E-state index contributed by atoms with van der Waals surface area (Å²) >= 11 is 0. The van der Waals surface area contributed by atoms with Crippen LogP contribution in [0.3, 0.4) is 0 Å². The van der Waals surface area contributed by atoms with Crippen LogP contribution in [0, 0.1) is 0 Å². The monoisotopic (exact) mass is 336 g/mol. The van der Waals surface area contributed by atoms with Gasteiger partial charge < -0.3 is 13.7 Å². The van der Waals surface area contributed by atoms with Crippen LogP contribution in [-0.2, 0) is 10.1 Å². The molecule has 0 aliphatic rings. The van der Waals surface area contributed by atoms with E-state index >= 15 is 0 Å². The third kappa shape index (κ3) is 4.46. The van der Waals surface area contributed by atoms with Gasteiger partial charge in [0.05, 0.1) is 14.2 Å². The lowest BCUT2D eigenvalue weighted by atomic mass is 10.1. The normalized spacial score (nSPS) is 10.9. The van der Waals surface area contributed by atoms with Crippen molar-refractivity contribution in [2.45, 2.75) is 0 Å². The average Bonchev–Trinajstić information content (AvgIpc) is 2.54. The van der Waals surface area contributed by atoms with Gasteiger partial charge in [-0.05, 0) is 36.4 Å². The molecule has 0 N–H and O–H groups in total. The van der Waals surface area contributed by atoms with E-state index in [0.717, 1.165) is 0 Å². The number of para-hydroxylation sites is 2. The molecule has 0 heterocycles. The van der Waals surface area contributed by atoms with E-state index in [1.807, 2.05) is 0 Å². The highest BCUT2D eigenvalue weighted by Crippen LogP contribution is 2.27. The molecule has 2 aromatic rings. The average molecular weight is 336 g/mol. The molecule has 0 fully saturated rings. The maximum atomic E-state index is 12.1. The maximum absolute atomic E-state index is 12.1. The number of methoxy groups -OCH3 is 2. The first-order valence-corrected chi connectivity index (χ1v) is 8.25. The Balaban J connectivity index is 2.12. The van der Waals surface area contributed by atoms with E-state index < -0.39 is 21.7 Å². The van der Waals surface area contributed by atoms with Crippen molar-refractivity contribution in [2.75, 3.05) is 20.0 Å². The third-order valence-corrected chi connectivity index (χ3v) is 4.05. The SMILES string of the molecule is COc1ccc(C(=O)CS(=O)(=O)Oc2ccccc2OC)cc1. The first-order valence-electron chi connectivity index (χ1n) is 6.67. The zero-order chi connectivity index (χ0) is 16.9. The number of ether oxygens (including phenoxy) is 2. The van der Waals surface area contributed by atoms with Gasteiger partial charge in [-0.25, -0.2) is 0 Å². The molecule has 2 rings (SSSR count). The van der Waals surface area contributed by atoms with E-state index in [1.165, 1.54) is 32.4 Å². The second-order valence-corrected chi connectivity index (χ2v) is 6.16. The van der Waals surface area contributed by atoms with E-state index in [4.69, 9.17) is 13.7 Å². The molecule has 0 amide bonds. The molecule has 0 aliphatic carbocycles. The van der Waals surface area contributed by atoms with E-state index in [0.29, 0.717) is 5.75 Å². The van der Waals surface area contributed by atoms with Gasteiger partial charge in [0.1, 0.15) is 11.5 Å². The number of hydrogen-bond acceptors (Lipinski definition) is 6. The van der Waals surface area contributed by atoms with Gasteiger partial charge in [0, 0.05) is 5.56 Å². The largest absolute Gasteiger partial charge is 0.497 e. The maximum Gasteiger partial charge on any atom is 0.316 e. The summed E-state index contributed by atoms with van der Waals surface area (Å²) in [6.07, 6.45) is 0. The topological polar surface area (TPSA) is 78.9 Å². The summed E-state index contributed by atoms with van der Waals surface area (Å²) in [4.78, 5) is 12.1. The predicted molar refractivity (Wildman–Crippen MR) is 84.7 cm³/mol. The van der Waals surface area contributed by atoms with Gasteiger partial charge >= 0.3 is 10.1 Å². The summed E-state index contributed by atoms with van der Waals surface area (Å²) in [6.45, 7) is 0. The molecule has 0 unspecified atom stereocenters. The Morgan fingerprint density at radius 1 is 0.913 bits per heavy atom. The van der Waals surface area contributed by atoms with Crippen LogP contribution in [0.15, 0.2) is 48.5 Å². The Bertz CT molecular complexity index is 780. The Kier molecular flexibility index (Phi) is 5.23. The fourth-order valence-electron chi connectivity index (χ4n) is 1.87. The minimum atomic E-state index is -4.09. The molecule has 0 radical (unpaired) electrons. The number of carbonyl (C=O) groups excluding carboxylic acids is 1. The molecule has 122 valence electrons. The van der Waals surface area contributed by atoms with Crippen LogP contribution < -0.4 is 13.7 Å². The van der Waals surface area contributed by atoms with Crippen LogP contribution in [0.4, 0.5) is 0 Å². The van der Waals surface area contributed by atoms with Gasteiger partial charge in [-0.3, -0.25) is 4.79 Å². The van der Waals surface area contributed by atoms with Crippen LogP contribution in [0.1, 0.15) is 10.4 Å². The van der Waals surface area contributed by atoms with Crippen LogP contribution in [0.2, 0.25) is 0 Å². The van der Waals surface area contributed by atoms with Crippen molar-refractivity contribution in [3.05, 3.63) is 54.1 Å². The summed E-state index contributed by atoms with van der Waals surface area (Å²) in [5, 5.41) is 0. The van der Waals surface area contributed by atoms with Crippen molar-refractivity contribution in [3.63, 3.8) is 0 Å². The van der Waals surface area contributed by atoms with Crippen molar-refractivity contribution >= 4 is 15.9 Å². The molecule has 0 saturated carbocycles. The van der Waals surface area contributed by atoms with E-state index in [-0.39, 0.29) is 17.1 Å². The molecule has 2 aromatic carbocycles. The van der Waals surface area contributed by atoms with Crippen LogP contribution in [0.5, 0.6) is 17.2 Å². The van der Waals surface area contributed by atoms with Gasteiger partial charge in [-0.1, -0.05) is 12.1 Å². The fourth-order valence-corrected chi connectivity index (χ4v) is 2.83. The molecule has 0 atom stereocenters. The summed E-state index contributed by atoms with van der Waals surface area (Å²) in [5.41, 5.74) is 0.262. The highest BCUT2D eigenvalue weighted by molar-refractivity contribution is 7.87. The van der Waals surface area contributed by atoms with Crippen LogP contribution in [0.25, 0.3) is 0 Å². The lowest BCUT2D eigenvalue weighted by Gasteiger charge is -2.10. The van der Waals surface area contributed by atoms with Crippen molar-refractivity contribution < 1.29 is 26.9 Å². The van der Waals surface area contributed by atoms with E-state index in [1.54, 1.807) is 30.3 Å². The summed E-state index contributed by atoms with van der Waals surface area (Å²) in [5.74, 6) is -0.445. The minimum absolute atomic E-state index is 0.0394. The highest BCUT2D eigenvalue weighted by atomic mass is 32.2. The van der Waals surface area contributed by atoms with Gasteiger partial charge in [0.25, 0.3) is 0 Å². The minimum Gasteiger partial charge on any atom is -0.497 e. The van der Waals surface area contributed by atoms with Crippen LogP contribution in [-0.4, -0.2) is 34.2 Å². The molecule has 0 aliphatic heterocycles. The second-order valence-electron chi connectivity index (χ2n) is 4.59. The zero-order valence-electron chi connectivity index (χ0n) is 12.7. The van der Waals surface area contributed by atoms with Crippen LogP contribution >= 0.6 is 0 Å². The predicted octanol–water partition coefficient (Wildman–Crippen LogP) is 2.30. The van der Waals surface area contributed by atoms with Gasteiger partial charge in [0.15, 0.2) is 17.3 Å². The second kappa shape index (κ2) is 7.15. The summed E-state index contributed by atoms with van der Waals surface area (Å²) < 4.78 is 39.1. The number of carbonyl (C=O) groups is 1.